The average Bonchev–Trinajstić information content (AvgIpc) is 3.45. The molecule has 188 valence electrons. The number of thioether (sulfide) groups is 1. The first-order chi connectivity index (χ1) is 16.7. The first kappa shape index (κ1) is 26.4. The van der Waals surface area contributed by atoms with Crippen LogP contribution in [-0.2, 0) is 20.8 Å². The van der Waals surface area contributed by atoms with Crippen LogP contribution in [-0.4, -0.2) is 65.3 Å². The number of rotatable bonds is 9. The Kier molecular flexibility index (Phi) is 9.04. The second-order valence-corrected chi connectivity index (χ2v) is 9.80. The van der Waals surface area contributed by atoms with Gasteiger partial charge in [0.25, 0.3) is 0 Å². The van der Waals surface area contributed by atoms with E-state index in [2.05, 4.69) is 16.0 Å². The van der Waals surface area contributed by atoms with Gasteiger partial charge in [0.15, 0.2) is 0 Å². The maximum atomic E-state index is 13.8. The van der Waals surface area contributed by atoms with Gasteiger partial charge in [-0.2, -0.15) is 11.8 Å². The molecule has 0 saturated carbocycles. The summed E-state index contributed by atoms with van der Waals surface area (Å²) in [7, 11) is 0. The highest BCUT2D eigenvalue weighted by Crippen LogP contribution is 2.21. The fourth-order valence-corrected chi connectivity index (χ4v) is 4.89. The van der Waals surface area contributed by atoms with Gasteiger partial charge in [-0.3, -0.25) is 14.4 Å². The number of halogens is 2. The number of anilines is 1. The van der Waals surface area contributed by atoms with Crippen LogP contribution in [0.5, 0.6) is 0 Å². The van der Waals surface area contributed by atoms with Crippen molar-refractivity contribution in [3.8, 4) is 0 Å². The van der Waals surface area contributed by atoms with Crippen LogP contribution in [0.15, 0.2) is 35.7 Å². The summed E-state index contributed by atoms with van der Waals surface area (Å²) < 4.78 is 26.9. The van der Waals surface area contributed by atoms with Gasteiger partial charge in [0.05, 0.1) is 17.5 Å². The average molecular weight is 526 g/mol. The minimum absolute atomic E-state index is 0.0446. The largest absolute Gasteiger partial charge is 0.368 e. The number of hydrogen-bond donors (Lipinski definition) is 4. The van der Waals surface area contributed by atoms with Crippen molar-refractivity contribution in [2.24, 2.45) is 5.73 Å². The minimum Gasteiger partial charge on any atom is -0.368 e. The summed E-state index contributed by atoms with van der Waals surface area (Å²) in [5, 5.41) is 9.37. The Bertz CT molecular complexity index is 1090. The van der Waals surface area contributed by atoms with Crippen molar-refractivity contribution < 1.29 is 28.0 Å². The Morgan fingerprint density at radius 3 is 2.66 bits per heavy atom. The molecule has 3 atom stereocenters. The smallest absolute Gasteiger partial charge is 0.319 e. The zero-order valence-electron chi connectivity index (χ0n) is 18.8. The second kappa shape index (κ2) is 12.0. The molecule has 1 aliphatic rings. The van der Waals surface area contributed by atoms with Gasteiger partial charge in [0.1, 0.15) is 23.7 Å². The van der Waals surface area contributed by atoms with Gasteiger partial charge in [-0.15, -0.1) is 11.3 Å². The standard InChI is InChI=1S/C22H25F2N5O4S2/c1-34-11-19(30)29-10-13(26-22(33)28-16-5-4-12(23)7-15(16)24)8-18(29)21(32)27-17(20(25)31)9-14-3-2-6-35-14/h2-7,13,17-18H,8-11H2,1H3,(H2,25,31)(H,27,32)(H2,26,28,33). The van der Waals surface area contributed by atoms with Crippen LogP contribution in [0, 0.1) is 11.6 Å². The van der Waals surface area contributed by atoms with Crippen LogP contribution in [0.2, 0.25) is 0 Å². The lowest BCUT2D eigenvalue weighted by Crippen LogP contribution is -2.53. The van der Waals surface area contributed by atoms with E-state index >= 15 is 0 Å². The summed E-state index contributed by atoms with van der Waals surface area (Å²) in [6.07, 6.45) is 2.04. The molecule has 1 aromatic heterocycles. The summed E-state index contributed by atoms with van der Waals surface area (Å²) in [5.41, 5.74) is 5.26. The van der Waals surface area contributed by atoms with Gasteiger partial charge in [-0.05, 0) is 36.3 Å². The first-order valence-corrected chi connectivity index (χ1v) is 12.9. The van der Waals surface area contributed by atoms with Gasteiger partial charge in [0, 0.05) is 23.9 Å². The van der Waals surface area contributed by atoms with Crippen molar-refractivity contribution >= 4 is 52.5 Å². The SMILES string of the molecule is CSCC(=O)N1CC(NC(=O)Nc2ccc(F)cc2F)CC1C(=O)NC(Cc1cccs1)C(N)=O. The molecule has 1 aromatic carbocycles. The molecular formula is C22H25F2N5O4S2. The third kappa shape index (κ3) is 7.15. The number of nitrogens with two attached hydrogens (primary N) is 1. The Morgan fingerprint density at radius 2 is 2.03 bits per heavy atom. The molecule has 5 N–H and O–H groups in total. The third-order valence-corrected chi connectivity index (χ3v) is 6.79. The molecule has 1 aliphatic heterocycles. The monoisotopic (exact) mass is 525 g/mol. The van der Waals surface area contributed by atoms with E-state index < -0.39 is 47.6 Å². The molecule has 2 aromatic rings. The van der Waals surface area contributed by atoms with Crippen molar-refractivity contribution in [2.45, 2.75) is 31.0 Å². The number of carbonyl (C=O) groups is 4. The fraction of sp³-hybridized carbons (Fsp3) is 0.364. The second-order valence-electron chi connectivity index (χ2n) is 7.90. The number of amides is 5. The molecule has 3 unspecified atom stereocenters. The number of urea groups is 1. The number of hydrogen-bond acceptors (Lipinski definition) is 6. The normalized spacial score (nSPS) is 18.1. The number of likely N-dealkylation sites (tertiary alicyclic amines) is 1. The van der Waals surface area contributed by atoms with Crippen LogP contribution < -0.4 is 21.7 Å². The van der Waals surface area contributed by atoms with E-state index in [1.807, 2.05) is 17.5 Å². The van der Waals surface area contributed by atoms with Gasteiger partial charge in [-0.25, -0.2) is 13.6 Å². The number of benzene rings is 1. The first-order valence-electron chi connectivity index (χ1n) is 10.6. The Hall–Kier alpha value is -3.19. The van der Waals surface area contributed by atoms with E-state index in [0.29, 0.717) is 6.07 Å². The molecule has 35 heavy (non-hydrogen) atoms. The topological polar surface area (TPSA) is 134 Å². The van der Waals surface area contributed by atoms with E-state index in [-0.39, 0.29) is 36.7 Å². The zero-order chi connectivity index (χ0) is 25.5. The molecule has 0 spiro atoms. The predicted molar refractivity (Wildman–Crippen MR) is 130 cm³/mol. The van der Waals surface area contributed by atoms with Crippen molar-refractivity contribution in [1.29, 1.82) is 0 Å². The molecule has 5 amide bonds. The summed E-state index contributed by atoms with van der Waals surface area (Å²) in [6, 6.07) is 3.07. The molecule has 2 heterocycles. The van der Waals surface area contributed by atoms with E-state index in [1.54, 1.807) is 6.26 Å². The van der Waals surface area contributed by atoms with Crippen LogP contribution in [0.1, 0.15) is 11.3 Å². The number of primary amides is 1. The number of carbonyl (C=O) groups excluding carboxylic acids is 4. The van der Waals surface area contributed by atoms with Crippen molar-refractivity contribution in [3.63, 3.8) is 0 Å². The van der Waals surface area contributed by atoms with Crippen molar-refractivity contribution in [1.82, 2.24) is 15.5 Å². The summed E-state index contributed by atoms with van der Waals surface area (Å²) >= 11 is 2.71. The molecule has 1 saturated heterocycles. The number of thiophene rings is 1. The molecule has 1 fully saturated rings. The van der Waals surface area contributed by atoms with Crippen LogP contribution in [0.25, 0.3) is 0 Å². The fourth-order valence-electron chi connectivity index (χ4n) is 3.73. The molecule has 0 radical (unpaired) electrons. The third-order valence-electron chi connectivity index (χ3n) is 5.35. The highest BCUT2D eigenvalue weighted by molar-refractivity contribution is 7.99. The number of nitrogens with zero attached hydrogens (tertiary/aromatic N) is 1. The molecule has 13 heteroatoms. The van der Waals surface area contributed by atoms with Crippen LogP contribution in [0.3, 0.4) is 0 Å². The quantitative estimate of drug-likeness (QED) is 0.396. The lowest BCUT2D eigenvalue weighted by atomic mass is 10.1. The number of nitrogens with one attached hydrogen (secondary N) is 3. The molecule has 0 bridgehead atoms. The maximum absolute atomic E-state index is 13.8. The molecule has 0 aliphatic carbocycles. The molecule has 3 rings (SSSR count). The van der Waals surface area contributed by atoms with Gasteiger partial charge in [0.2, 0.25) is 17.7 Å². The van der Waals surface area contributed by atoms with Crippen molar-refractivity contribution in [3.05, 3.63) is 52.2 Å². The Balaban J connectivity index is 1.67. The highest BCUT2D eigenvalue weighted by atomic mass is 32.2. The van der Waals surface area contributed by atoms with Crippen molar-refractivity contribution in [2.75, 3.05) is 23.9 Å². The lowest BCUT2D eigenvalue weighted by molar-refractivity contribution is -0.137. The Labute approximate surface area is 208 Å². The van der Waals surface area contributed by atoms with Gasteiger partial charge < -0.3 is 26.6 Å². The maximum Gasteiger partial charge on any atom is 0.319 e. The van der Waals surface area contributed by atoms with Gasteiger partial charge >= 0.3 is 6.03 Å². The Morgan fingerprint density at radius 1 is 1.26 bits per heavy atom. The van der Waals surface area contributed by atoms with Crippen LogP contribution >= 0.6 is 23.1 Å². The van der Waals surface area contributed by atoms with E-state index in [4.69, 9.17) is 5.73 Å². The summed E-state index contributed by atoms with van der Waals surface area (Å²) in [6.45, 7) is 0.0446. The van der Waals surface area contributed by atoms with E-state index in [9.17, 15) is 28.0 Å². The minimum atomic E-state index is -0.963. The summed E-state index contributed by atoms with van der Waals surface area (Å²) in [5.74, 6) is -3.17. The molecule has 9 nitrogen and oxygen atoms in total. The van der Waals surface area contributed by atoms with Crippen LogP contribution in [0.4, 0.5) is 19.3 Å². The van der Waals surface area contributed by atoms with Gasteiger partial charge in [-0.1, -0.05) is 6.07 Å². The zero-order valence-corrected chi connectivity index (χ0v) is 20.4. The molecular weight excluding hydrogens is 500 g/mol. The lowest BCUT2D eigenvalue weighted by Gasteiger charge is -2.25. The predicted octanol–water partition coefficient (Wildman–Crippen LogP) is 1.69. The highest BCUT2D eigenvalue weighted by Gasteiger charge is 2.41. The summed E-state index contributed by atoms with van der Waals surface area (Å²) in [4.78, 5) is 52.3. The van der Waals surface area contributed by atoms with E-state index in [1.165, 1.54) is 28.0 Å². The van der Waals surface area contributed by atoms with E-state index in [0.717, 1.165) is 17.0 Å².